The molecule has 0 heterocycles. The summed E-state index contributed by atoms with van der Waals surface area (Å²) in [5.74, 6) is 0.562. The lowest BCUT2D eigenvalue weighted by Gasteiger charge is -2.25. The molecule has 0 aliphatic heterocycles. The van der Waals surface area contributed by atoms with Crippen molar-refractivity contribution in [2.45, 2.75) is 25.3 Å². The van der Waals surface area contributed by atoms with Crippen molar-refractivity contribution in [3.8, 4) is 11.5 Å². The Morgan fingerprint density at radius 3 is 2.62 bits per heavy atom. The van der Waals surface area contributed by atoms with Crippen LogP contribution in [-0.4, -0.2) is 28.7 Å². The van der Waals surface area contributed by atoms with E-state index in [4.69, 9.17) is 11.6 Å². The van der Waals surface area contributed by atoms with Crippen molar-refractivity contribution in [2.75, 3.05) is 12.4 Å². The van der Waals surface area contributed by atoms with E-state index in [2.05, 4.69) is 5.32 Å². The van der Waals surface area contributed by atoms with Crippen molar-refractivity contribution in [3.05, 3.63) is 23.3 Å². The van der Waals surface area contributed by atoms with E-state index in [0.29, 0.717) is 11.9 Å². The van der Waals surface area contributed by atoms with E-state index in [0.717, 1.165) is 36.9 Å². The Balaban J connectivity index is 2.11. The maximum absolute atomic E-state index is 9.45. The zero-order valence-corrected chi connectivity index (χ0v) is 9.80. The second-order valence-electron chi connectivity index (χ2n) is 4.19. The first-order chi connectivity index (χ1) is 7.70. The molecule has 0 fully saturated rings. The third kappa shape index (κ3) is 2.42. The van der Waals surface area contributed by atoms with Crippen LogP contribution in [0, 0.1) is 0 Å². The van der Waals surface area contributed by atoms with Crippen LogP contribution in [0.3, 0.4) is 0 Å². The lowest BCUT2D eigenvalue weighted by molar-refractivity contribution is 0.399. The number of aryl methyl sites for hydroxylation is 1. The molecule has 3 nitrogen and oxygen atoms in total. The van der Waals surface area contributed by atoms with Gasteiger partial charge in [-0.3, -0.25) is 0 Å². The summed E-state index contributed by atoms with van der Waals surface area (Å²) in [7, 11) is 0. The molecule has 3 N–H and O–H groups in total. The van der Waals surface area contributed by atoms with Gasteiger partial charge in [0, 0.05) is 18.5 Å². The average Bonchev–Trinajstić information content (AvgIpc) is 2.28. The SMILES string of the molecule is Oc1cc2c(cc1O)CC(NCCCl)CC2. The highest BCUT2D eigenvalue weighted by molar-refractivity contribution is 6.18. The van der Waals surface area contributed by atoms with Crippen molar-refractivity contribution in [1.82, 2.24) is 5.32 Å². The summed E-state index contributed by atoms with van der Waals surface area (Å²) in [4.78, 5) is 0. The van der Waals surface area contributed by atoms with Gasteiger partial charge in [-0.25, -0.2) is 0 Å². The summed E-state index contributed by atoms with van der Waals surface area (Å²) in [6.07, 6.45) is 2.87. The predicted octanol–water partition coefficient (Wildman–Crippen LogP) is 1.78. The molecule has 0 saturated heterocycles. The Kier molecular flexibility index (Phi) is 3.56. The maximum atomic E-state index is 9.45. The first-order valence-corrected chi connectivity index (χ1v) is 6.07. The molecule has 1 aliphatic rings. The number of nitrogens with one attached hydrogen (secondary N) is 1. The van der Waals surface area contributed by atoms with Gasteiger partial charge in [-0.1, -0.05) is 0 Å². The third-order valence-corrected chi connectivity index (χ3v) is 3.24. The number of fused-ring (bicyclic) bond motifs is 1. The van der Waals surface area contributed by atoms with Crippen LogP contribution in [0.15, 0.2) is 12.1 Å². The molecule has 0 saturated carbocycles. The highest BCUT2D eigenvalue weighted by Crippen LogP contribution is 2.32. The number of alkyl halides is 1. The van der Waals surface area contributed by atoms with Crippen LogP contribution in [0.1, 0.15) is 17.5 Å². The minimum atomic E-state index is -0.0308. The van der Waals surface area contributed by atoms with Crippen LogP contribution >= 0.6 is 11.6 Å². The number of phenolic OH excluding ortho intramolecular Hbond substituents is 2. The number of hydrogen-bond donors (Lipinski definition) is 3. The van der Waals surface area contributed by atoms with Gasteiger partial charge in [0.15, 0.2) is 11.5 Å². The molecule has 88 valence electrons. The van der Waals surface area contributed by atoms with Crippen LogP contribution < -0.4 is 5.32 Å². The lowest BCUT2D eigenvalue weighted by Crippen LogP contribution is -2.35. The van der Waals surface area contributed by atoms with Gasteiger partial charge in [-0.05, 0) is 42.5 Å². The van der Waals surface area contributed by atoms with Gasteiger partial charge in [0.2, 0.25) is 0 Å². The number of rotatable bonds is 3. The summed E-state index contributed by atoms with van der Waals surface area (Å²) in [6, 6.07) is 3.76. The van der Waals surface area contributed by atoms with Crippen molar-refractivity contribution < 1.29 is 10.2 Å². The summed E-state index contributed by atoms with van der Waals surface area (Å²) < 4.78 is 0. The molecule has 16 heavy (non-hydrogen) atoms. The van der Waals surface area contributed by atoms with Gasteiger partial charge < -0.3 is 15.5 Å². The Labute approximate surface area is 100 Å². The minimum absolute atomic E-state index is 0.0223. The fourth-order valence-electron chi connectivity index (χ4n) is 2.22. The smallest absolute Gasteiger partial charge is 0.157 e. The first kappa shape index (κ1) is 11.6. The Hall–Kier alpha value is -0.930. The molecule has 0 spiro atoms. The van der Waals surface area contributed by atoms with E-state index in [1.807, 2.05) is 0 Å². The topological polar surface area (TPSA) is 52.5 Å². The van der Waals surface area contributed by atoms with E-state index in [1.54, 1.807) is 12.1 Å². The highest BCUT2D eigenvalue weighted by Gasteiger charge is 2.19. The monoisotopic (exact) mass is 241 g/mol. The Bertz CT molecular complexity index is 382. The summed E-state index contributed by atoms with van der Waals surface area (Å²) in [5.41, 5.74) is 2.26. The molecule has 2 rings (SSSR count). The van der Waals surface area contributed by atoms with Crippen molar-refractivity contribution >= 4 is 11.6 Å². The van der Waals surface area contributed by atoms with E-state index in [-0.39, 0.29) is 11.5 Å². The number of halogens is 1. The molecule has 0 radical (unpaired) electrons. The van der Waals surface area contributed by atoms with E-state index in [1.165, 1.54) is 0 Å². The van der Waals surface area contributed by atoms with E-state index in [9.17, 15) is 10.2 Å². The lowest BCUT2D eigenvalue weighted by atomic mass is 9.88. The van der Waals surface area contributed by atoms with Gasteiger partial charge in [-0.2, -0.15) is 0 Å². The molecular weight excluding hydrogens is 226 g/mol. The number of phenols is 2. The summed E-state index contributed by atoms with van der Waals surface area (Å²) in [6.45, 7) is 0.811. The van der Waals surface area contributed by atoms with Gasteiger partial charge in [-0.15, -0.1) is 11.6 Å². The molecule has 0 aromatic heterocycles. The molecule has 1 aliphatic carbocycles. The first-order valence-electron chi connectivity index (χ1n) is 5.54. The summed E-state index contributed by atoms with van der Waals surface area (Å²) in [5, 5.41) is 22.2. The van der Waals surface area contributed by atoms with Crippen LogP contribution in [0.4, 0.5) is 0 Å². The zero-order valence-electron chi connectivity index (χ0n) is 9.04. The second-order valence-corrected chi connectivity index (χ2v) is 4.57. The third-order valence-electron chi connectivity index (χ3n) is 3.05. The van der Waals surface area contributed by atoms with Crippen LogP contribution in [0.25, 0.3) is 0 Å². The van der Waals surface area contributed by atoms with E-state index >= 15 is 0 Å². The molecule has 1 atom stereocenters. The van der Waals surface area contributed by atoms with Gasteiger partial charge in [0.1, 0.15) is 0 Å². The van der Waals surface area contributed by atoms with E-state index < -0.39 is 0 Å². The molecule has 0 bridgehead atoms. The minimum Gasteiger partial charge on any atom is -0.504 e. The molecule has 4 heteroatoms. The fraction of sp³-hybridized carbons (Fsp3) is 0.500. The molecular formula is C12H16ClNO2. The van der Waals surface area contributed by atoms with Crippen molar-refractivity contribution in [3.63, 3.8) is 0 Å². The fourth-order valence-corrected chi connectivity index (χ4v) is 2.33. The Morgan fingerprint density at radius 1 is 1.25 bits per heavy atom. The van der Waals surface area contributed by atoms with Crippen molar-refractivity contribution in [1.29, 1.82) is 0 Å². The highest BCUT2D eigenvalue weighted by atomic mass is 35.5. The maximum Gasteiger partial charge on any atom is 0.157 e. The average molecular weight is 242 g/mol. The van der Waals surface area contributed by atoms with Gasteiger partial charge >= 0.3 is 0 Å². The number of hydrogen-bond acceptors (Lipinski definition) is 3. The van der Waals surface area contributed by atoms with Crippen LogP contribution in [-0.2, 0) is 12.8 Å². The zero-order chi connectivity index (χ0) is 11.5. The normalized spacial score (nSPS) is 19.4. The predicted molar refractivity (Wildman–Crippen MR) is 64.3 cm³/mol. The molecule has 1 aromatic rings. The van der Waals surface area contributed by atoms with Gasteiger partial charge in [0.25, 0.3) is 0 Å². The summed E-state index contributed by atoms with van der Waals surface area (Å²) >= 11 is 5.63. The molecule has 1 unspecified atom stereocenters. The Morgan fingerprint density at radius 2 is 1.94 bits per heavy atom. The van der Waals surface area contributed by atoms with Gasteiger partial charge in [0.05, 0.1) is 0 Å². The van der Waals surface area contributed by atoms with Crippen LogP contribution in [0.5, 0.6) is 11.5 Å². The molecule has 0 amide bonds. The number of benzene rings is 1. The second kappa shape index (κ2) is 4.93. The largest absolute Gasteiger partial charge is 0.504 e. The van der Waals surface area contributed by atoms with Crippen molar-refractivity contribution in [2.24, 2.45) is 0 Å². The molecule has 1 aromatic carbocycles. The standard InChI is InChI=1S/C12H16ClNO2/c13-3-4-14-10-2-1-8-6-11(15)12(16)7-9(8)5-10/h6-7,10,14-16H,1-5H2. The quantitative estimate of drug-likeness (QED) is 0.559. The number of aromatic hydroxyl groups is 2. The van der Waals surface area contributed by atoms with Crippen LogP contribution in [0.2, 0.25) is 0 Å².